The number of fused-ring (bicyclic) bond motifs is 1. The first kappa shape index (κ1) is 20.0. The van der Waals surface area contributed by atoms with E-state index < -0.39 is 0 Å². The number of halogens is 1. The van der Waals surface area contributed by atoms with Crippen LogP contribution in [0.5, 0.6) is 11.5 Å². The van der Waals surface area contributed by atoms with E-state index in [1.54, 1.807) is 32.4 Å². The molecule has 146 valence electrons. The van der Waals surface area contributed by atoms with Crippen LogP contribution in [0.2, 0.25) is 5.02 Å². The van der Waals surface area contributed by atoms with Crippen molar-refractivity contribution in [1.82, 2.24) is 0 Å². The first-order valence-corrected chi connectivity index (χ1v) is 9.43. The second-order valence-corrected chi connectivity index (χ2v) is 7.25. The van der Waals surface area contributed by atoms with E-state index in [4.69, 9.17) is 21.1 Å². The first-order valence-electron chi connectivity index (χ1n) is 9.05. The molecular formula is C21H23ClN3O3+. The standard InChI is InChI=1S/C21H22ClN3O3/c1-13-17-10-20(28-3)19(27-2)8-14(17)6-7-25(13)12-21(26)24-18-9-16(22)5-4-15(18)11-23/h4-5,8-10,13H,6-7,12H2,1-3H3,(H,24,26)/p+1/t13-/m1/s1. The minimum absolute atomic E-state index is 0.129. The molecule has 2 aromatic rings. The molecule has 3 rings (SSSR count). The van der Waals surface area contributed by atoms with Crippen molar-refractivity contribution in [3.05, 3.63) is 52.0 Å². The number of hydrogen-bond acceptors (Lipinski definition) is 4. The number of nitrogens with one attached hydrogen (secondary N) is 2. The Kier molecular flexibility index (Phi) is 6.08. The highest BCUT2D eigenvalue weighted by molar-refractivity contribution is 6.31. The van der Waals surface area contributed by atoms with Crippen LogP contribution in [0.1, 0.15) is 29.7 Å². The topological polar surface area (TPSA) is 75.8 Å². The molecule has 1 amide bonds. The maximum atomic E-state index is 12.6. The van der Waals surface area contributed by atoms with E-state index in [1.165, 1.54) is 5.56 Å². The summed E-state index contributed by atoms with van der Waals surface area (Å²) in [5, 5.41) is 12.5. The Morgan fingerprint density at radius 2 is 2.00 bits per heavy atom. The van der Waals surface area contributed by atoms with Crippen LogP contribution < -0.4 is 19.7 Å². The van der Waals surface area contributed by atoms with Crippen LogP contribution in [-0.4, -0.2) is 33.2 Å². The monoisotopic (exact) mass is 400 g/mol. The molecule has 0 aromatic heterocycles. The number of rotatable bonds is 5. The van der Waals surface area contributed by atoms with Gasteiger partial charge in [0.05, 0.1) is 32.0 Å². The first-order chi connectivity index (χ1) is 13.5. The quantitative estimate of drug-likeness (QED) is 0.808. The minimum atomic E-state index is -0.149. The Labute approximate surface area is 169 Å². The summed E-state index contributed by atoms with van der Waals surface area (Å²) >= 11 is 5.99. The lowest BCUT2D eigenvalue weighted by Gasteiger charge is -2.32. The van der Waals surface area contributed by atoms with Crippen molar-refractivity contribution in [2.45, 2.75) is 19.4 Å². The Balaban J connectivity index is 1.75. The third-order valence-corrected chi connectivity index (χ3v) is 5.44. The van der Waals surface area contributed by atoms with E-state index in [0.29, 0.717) is 28.6 Å². The molecule has 1 aliphatic rings. The molecule has 2 aromatic carbocycles. The van der Waals surface area contributed by atoms with Crippen LogP contribution in [0.25, 0.3) is 0 Å². The van der Waals surface area contributed by atoms with E-state index in [-0.39, 0.29) is 11.9 Å². The third kappa shape index (κ3) is 4.06. The molecule has 7 heteroatoms. The van der Waals surface area contributed by atoms with Gasteiger partial charge in [-0.05, 0) is 42.8 Å². The van der Waals surface area contributed by atoms with Gasteiger partial charge in [0.25, 0.3) is 5.91 Å². The lowest BCUT2D eigenvalue weighted by atomic mass is 9.93. The molecule has 0 spiro atoms. The number of nitriles is 1. The smallest absolute Gasteiger partial charge is 0.279 e. The SMILES string of the molecule is COc1cc2c(cc1OC)[C@@H](C)[NH+](CC(=O)Nc1cc(Cl)ccc1C#N)CC2. The van der Waals surface area contributed by atoms with Crippen LogP contribution in [0.3, 0.4) is 0 Å². The fourth-order valence-electron chi connectivity index (χ4n) is 3.65. The summed E-state index contributed by atoms with van der Waals surface area (Å²) in [5.41, 5.74) is 3.21. The minimum Gasteiger partial charge on any atom is -0.493 e. The second kappa shape index (κ2) is 8.51. The van der Waals surface area contributed by atoms with Crippen molar-refractivity contribution in [2.75, 3.05) is 32.6 Å². The van der Waals surface area contributed by atoms with E-state index in [2.05, 4.69) is 18.3 Å². The molecule has 28 heavy (non-hydrogen) atoms. The Morgan fingerprint density at radius 1 is 1.29 bits per heavy atom. The van der Waals surface area contributed by atoms with Crippen molar-refractivity contribution >= 4 is 23.2 Å². The average Bonchev–Trinajstić information content (AvgIpc) is 2.69. The van der Waals surface area contributed by atoms with Gasteiger partial charge in [-0.25, -0.2) is 0 Å². The van der Waals surface area contributed by atoms with Gasteiger partial charge in [-0.2, -0.15) is 5.26 Å². The largest absolute Gasteiger partial charge is 0.493 e. The highest BCUT2D eigenvalue weighted by Crippen LogP contribution is 2.33. The van der Waals surface area contributed by atoms with Gasteiger partial charge in [0.2, 0.25) is 0 Å². The summed E-state index contributed by atoms with van der Waals surface area (Å²) in [4.78, 5) is 13.8. The summed E-state index contributed by atoms with van der Waals surface area (Å²) < 4.78 is 10.8. The molecule has 2 N–H and O–H groups in total. The summed E-state index contributed by atoms with van der Waals surface area (Å²) in [6.07, 6.45) is 0.850. The predicted molar refractivity (Wildman–Crippen MR) is 107 cm³/mol. The summed E-state index contributed by atoms with van der Waals surface area (Å²) in [5.74, 6) is 1.26. The van der Waals surface area contributed by atoms with Gasteiger partial charge >= 0.3 is 0 Å². The number of carbonyl (C=O) groups is 1. The zero-order chi connectivity index (χ0) is 20.3. The van der Waals surface area contributed by atoms with Crippen molar-refractivity contribution < 1.29 is 19.2 Å². The van der Waals surface area contributed by atoms with Gasteiger partial charge in [-0.3, -0.25) is 4.79 Å². The van der Waals surface area contributed by atoms with Gasteiger partial charge in [-0.1, -0.05) is 11.6 Å². The average molecular weight is 401 g/mol. The van der Waals surface area contributed by atoms with Crippen molar-refractivity contribution in [2.24, 2.45) is 0 Å². The lowest BCUT2D eigenvalue weighted by molar-refractivity contribution is -0.924. The molecule has 0 bridgehead atoms. The molecule has 0 fully saturated rings. The zero-order valence-corrected chi connectivity index (χ0v) is 16.9. The number of anilines is 1. The Bertz CT molecular complexity index is 939. The fraction of sp³-hybridized carbons (Fsp3) is 0.333. The van der Waals surface area contributed by atoms with Crippen molar-refractivity contribution in [3.63, 3.8) is 0 Å². The summed E-state index contributed by atoms with van der Waals surface area (Å²) in [6, 6.07) is 11.1. The van der Waals surface area contributed by atoms with Gasteiger partial charge in [0.15, 0.2) is 18.0 Å². The van der Waals surface area contributed by atoms with E-state index >= 15 is 0 Å². The van der Waals surface area contributed by atoms with E-state index in [0.717, 1.165) is 29.2 Å². The number of nitrogens with zero attached hydrogens (tertiary/aromatic N) is 1. The number of ether oxygens (including phenoxy) is 2. The highest BCUT2D eigenvalue weighted by atomic mass is 35.5. The number of hydrogen-bond donors (Lipinski definition) is 2. The van der Waals surface area contributed by atoms with Gasteiger partial charge < -0.3 is 19.7 Å². The fourth-order valence-corrected chi connectivity index (χ4v) is 3.82. The van der Waals surface area contributed by atoms with E-state index in [1.807, 2.05) is 12.1 Å². The molecule has 6 nitrogen and oxygen atoms in total. The lowest BCUT2D eigenvalue weighted by Crippen LogP contribution is -3.14. The van der Waals surface area contributed by atoms with Gasteiger partial charge in [-0.15, -0.1) is 0 Å². The molecule has 1 aliphatic heterocycles. The number of quaternary nitrogens is 1. The van der Waals surface area contributed by atoms with Gasteiger partial charge in [0.1, 0.15) is 12.1 Å². The van der Waals surface area contributed by atoms with Crippen LogP contribution >= 0.6 is 11.6 Å². The molecule has 2 atom stereocenters. The van der Waals surface area contributed by atoms with Crippen molar-refractivity contribution in [1.29, 1.82) is 5.26 Å². The van der Waals surface area contributed by atoms with E-state index in [9.17, 15) is 10.1 Å². The number of benzene rings is 2. The predicted octanol–water partition coefficient (Wildman–Crippen LogP) is 2.37. The zero-order valence-electron chi connectivity index (χ0n) is 16.1. The Hall–Kier alpha value is -2.75. The summed E-state index contributed by atoms with van der Waals surface area (Å²) in [7, 11) is 3.25. The number of amides is 1. The molecule has 1 heterocycles. The van der Waals surface area contributed by atoms with Crippen LogP contribution in [-0.2, 0) is 11.2 Å². The molecule has 0 aliphatic carbocycles. The van der Waals surface area contributed by atoms with Crippen LogP contribution in [0.4, 0.5) is 5.69 Å². The van der Waals surface area contributed by atoms with Crippen LogP contribution in [0.15, 0.2) is 30.3 Å². The second-order valence-electron chi connectivity index (χ2n) is 6.81. The summed E-state index contributed by atoms with van der Waals surface area (Å²) in [6.45, 7) is 3.23. The maximum absolute atomic E-state index is 12.6. The molecule has 1 unspecified atom stereocenters. The third-order valence-electron chi connectivity index (χ3n) is 5.20. The molecule has 0 saturated heterocycles. The number of methoxy groups -OCH3 is 2. The van der Waals surface area contributed by atoms with Crippen molar-refractivity contribution in [3.8, 4) is 17.6 Å². The van der Waals surface area contributed by atoms with Gasteiger partial charge in [0, 0.05) is 17.0 Å². The maximum Gasteiger partial charge on any atom is 0.279 e. The molecule has 0 radical (unpaired) electrons. The number of carbonyl (C=O) groups excluding carboxylic acids is 1. The normalized spacial score (nSPS) is 18.0. The highest BCUT2D eigenvalue weighted by Gasteiger charge is 2.30. The molecular weight excluding hydrogens is 378 g/mol. The molecule has 0 saturated carbocycles. The van der Waals surface area contributed by atoms with Crippen LogP contribution in [0, 0.1) is 11.3 Å². The Morgan fingerprint density at radius 3 is 2.68 bits per heavy atom.